The van der Waals surface area contributed by atoms with Crippen LogP contribution in [0.15, 0.2) is 5.16 Å². The molecule has 0 fully saturated rings. The number of carboxylic acid groups (broad SMARTS) is 1. The third-order valence-corrected chi connectivity index (χ3v) is 3.86. The van der Waals surface area contributed by atoms with Gasteiger partial charge in [0, 0.05) is 6.04 Å². The van der Waals surface area contributed by atoms with E-state index in [1.165, 1.54) is 19.3 Å². The number of nitrogen functional groups attached to an aromatic ring is 1. The van der Waals surface area contributed by atoms with Crippen LogP contribution in [0.5, 0.6) is 0 Å². The SMILES string of the molecule is CCCCCCC(C)n1c(N)nnc1SCC(=O)O. The fourth-order valence-corrected chi connectivity index (χ4v) is 2.69. The van der Waals surface area contributed by atoms with Gasteiger partial charge in [0.25, 0.3) is 0 Å². The minimum absolute atomic E-state index is 0.0271. The van der Waals surface area contributed by atoms with Crippen LogP contribution in [0.3, 0.4) is 0 Å². The monoisotopic (exact) mass is 286 g/mol. The highest BCUT2D eigenvalue weighted by Gasteiger charge is 2.16. The molecule has 108 valence electrons. The van der Waals surface area contributed by atoms with E-state index in [1.54, 1.807) is 0 Å². The summed E-state index contributed by atoms with van der Waals surface area (Å²) in [6, 6.07) is 0.197. The molecule has 0 aliphatic carbocycles. The molecule has 0 aromatic carbocycles. The van der Waals surface area contributed by atoms with Gasteiger partial charge in [-0.15, -0.1) is 10.2 Å². The quantitative estimate of drug-likeness (QED) is 0.535. The van der Waals surface area contributed by atoms with Crippen molar-refractivity contribution >= 4 is 23.7 Å². The van der Waals surface area contributed by atoms with E-state index in [4.69, 9.17) is 10.8 Å². The van der Waals surface area contributed by atoms with E-state index in [-0.39, 0.29) is 11.8 Å². The summed E-state index contributed by atoms with van der Waals surface area (Å²) >= 11 is 1.16. The van der Waals surface area contributed by atoms with Gasteiger partial charge < -0.3 is 10.8 Å². The Balaban J connectivity index is 2.59. The average molecular weight is 286 g/mol. The minimum Gasteiger partial charge on any atom is -0.481 e. The maximum absolute atomic E-state index is 10.6. The van der Waals surface area contributed by atoms with Crippen molar-refractivity contribution < 1.29 is 9.90 Å². The van der Waals surface area contributed by atoms with Crippen molar-refractivity contribution in [2.24, 2.45) is 0 Å². The van der Waals surface area contributed by atoms with Crippen LogP contribution in [0.2, 0.25) is 0 Å². The number of hydrogen-bond donors (Lipinski definition) is 2. The van der Waals surface area contributed by atoms with Gasteiger partial charge in [-0.05, 0) is 13.3 Å². The standard InChI is InChI=1S/C12H22N4O2S/c1-3-4-5-6-7-9(2)16-11(13)14-15-12(16)19-8-10(17)18/h9H,3-8H2,1-2H3,(H2,13,14)(H,17,18). The molecule has 0 saturated carbocycles. The number of rotatable bonds is 9. The molecule has 1 unspecified atom stereocenters. The maximum Gasteiger partial charge on any atom is 0.313 e. The van der Waals surface area contributed by atoms with Gasteiger partial charge in [0.1, 0.15) is 0 Å². The summed E-state index contributed by atoms with van der Waals surface area (Å²) in [5.41, 5.74) is 5.81. The summed E-state index contributed by atoms with van der Waals surface area (Å²) in [6.45, 7) is 4.25. The Morgan fingerprint density at radius 1 is 1.42 bits per heavy atom. The lowest BCUT2D eigenvalue weighted by Gasteiger charge is -2.16. The molecule has 0 aliphatic heterocycles. The zero-order chi connectivity index (χ0) is 14.3. The van der Waals surface area contributed by atoms with Crippen molar-refractivity contribution in [2.45, 2.75) is 57.1 Å². The molecule has 0 spiro atoms. The van der Waals surface area contributed by atoms with Crippen LogP contribution in [0, 0.1) is 0 Å². The topological polar surface area (TPSA) is 94.0 Å². The molecule has 6 nitrogen and oxygen atoms in total. The van der Waals surface area contributed by atoms with Crippen LogP contribution in [-0.4, -0.2) is 31.6 Å². The van der Waals surface area contributed by atoms with E-state index in [1.807, 2.05) is 4.57 Å². The highest BCUT2D eigenvalue weighted by Crippen LogP contribution is 2.25. The number of anilines is 1. The van der Waals surface area contributed by atoms with Gasteiger partial charge in [-0.1, -0.05) is 44.4 Å². The van der Waals surface area contributed by atoms with Gasteiger partial charge >= 0.3 is 5.97 Å². The number of aliphatic carboxylic acids is 1. The lowest BCUT2D eigenvalue weighted by Crippen LogP contribution is -2.11. The minimum atomic E-state index is -0.867. The van der Waals surface area contributed by atoms with E-state index >= 15 is 0 Å². The Bertz CT molecular complexity index is 408. The molecular formula is C12H22N4O2S. The van der Waals surface area contributed by atoms with Gasteiger partial charge in [-0.25, -0.2) is 0 Å². The highest BCUT2D eigenvalue weighted by molar-refractivity contribution is 7.99. The van der Waals surface area contributed by atoms with Crippen LogP contribution in [0.1, 0.15) is 52.0 Å². The second-order valence-corrected chi connectivity index (χ2v) is 5.53. The first-order valence-electron chi connectivity index (χ1n) is 6.61. The third kappa shape index (κ3) is 5.10. The molecule has 1 aromatic rings. The number of hydrogen-bond acceptors (Lipinski definition) is 5. The smallest absolute Gasteiger partial charge is 0.313 e. The number of aromatic nitrogens is 3. The van der Waals surface area contributed by atoms with Crippen molar-refractivity contribution in [2.75, 3.05) is 11.5 Å². The number of carboxylic acids is 1. The van der Waals surface area contributed by atoms with Crippen LogP contribution >= 0.6 is 11.8 Å². The normalized spacial score (nSPS) is 12.5. The van der Waals surface area contributed by atoms with Crippen molar-refractivity contribution in [1.29, 1.82) is 0 Å². The molecule has 1 atom stereocenters. The lowest BCUT2D eigenvalue weighted by atomic mass is 10.1. The zero-order valence-electron chi connectivity index (χ0n) is 11.5. The first kappa shape index (κ1) is 15.8. The second-order valence-electron chi connectivity index (χ2n) is 4.59. The summed E-state index contributed by atoms with van der Waals surface area (Å²) in [7, 11) is 0. The molecule has 0 aliphatic rings. The Labute approximate surface area is 117 Å². The predicted octanol–water partition coefficient (Wildman–Crippen LogP) is 2.57. The number of unbranched alkanes of at least 4 members (excludes halogenated alkanes) is 3. The largest absolute Gasteiger partial charge is 0.481 e. The molecule has 1 heterocycles. The van der Waals surface area contributed by atoms with Crippen molar-refractivity contribution in [1.82, 2.24) is 14.8 Å². The van der Waals surface area contributed by atoms with Crippen molar-refractivity contribution in [3.63, 3.8) is 0 Å². The average Bonchev–Trinajstić information content (AvgIpc) is 2.73. The molecule has 1 rings (SSSR count). The third-order valence-electron chi connectivity index (χ3n) is 2.93. The van der Waals surface area contributed by atoms with Crippen LogP contribution < -0.4 is 5.73 Å². The van der Waals surface area contributed by atoms with Crippen LogP contribution in [0.25, 0.3) is 0 Å². The van der Waals surface area contributed by atoms with Gasteiger partial charge in [0.15, 0.2) is 5.16 Å². The summed E-state index contributed by atoms with van der Waals surface area (Å²) in [4.78, 5) is 10.6. The zero-order valence-corrected chi connectivity index (χ0v) is 12.3. The lowest BCUT2D eigenvalue weighted by molar-refractivity contribution is -0.133. The summed E-state index contributed by atoms with van der Waals surface area (Å²) in [6.07, 6.45) is 5.80. The van der Waals surface area contributed by atoms with Gasteiger partial charge in [-0.2, -0.15) is 0 Å². The Morgan fingerprint density at radius 2 is 2.16 bits per heavy atom. The fourth-order valence-electron chi connectivity index (χ4n) is 1.92. The van der Waals surface area contributed by atoms with Gasteiger partial charge in [-0.3, -0.25) is 9.36 Å². The molecule has 0 saturated heterocycles. The summed E-state index contributed by atoms with van der Waals surface area (Å²) in [5, 5.41) is 17.1. The fraction of sp³-hybridized carbons (Fsp3) is 0.750. The molecular weight excluding hydrogens is 264 g/mol. The van der Waals surface area contributed by atoms with E-state index in [0.717, 1.165) is 24.6 Å². The first-order valence-corrected chi connectivity index (χ1v) is 7.59. The maximum atomic E-state index is 10.6. The Morgan fingerprint density at radius 3 is 2.79 bits per heavy atom. The second kappa shape index (κ2) is 8.04. The van der Waals surface area contributed by atoms with Crippen molar-refractivity contribution in [3.05, 3.63) is 0 Å². The Hall–Kier alpha value is -1.24. The molecule has 1 aromatic heterocycles. The summed E-state index contributed by atoms with van der Waals surface area (Å²) < 4.78 is 1.83. The molecule has 0 radical (unpaired) electrons. The van der Waals surface area contributed by atoms with E-state index in [2.05, 4.69) is 24.0 Å². The molecule has 3 N–H and O–H groups in total. The highest BCUT2D eigenvalue weighted by atomic mass is 32.2. The van der Waals surface area contributed by atoms with Crippen molar-refractivity contribution in [3.8, 4) is 0 Å². The number of nitrogens with zero attached hydrogens (tertiary/aromatic N) is 3. The molecule has 0 amide bonds. The molecule has 19 heavy (non-hydrogen) atoms. The van der Waals surface area contributed by atoms with Crippen LogP contribution in [-0.2, 0) is 4.79 Å². The first-order chi connectivity index (χ1) is 9.06. The number of nitrogens with two attached hydrogens (primary N) is 1. The van der Waals surface area contributed by atoms with E-state index in [9.17, 15) is 4.79 Å². The van der Waals surface area contributed by atoms with Gasteiger partial charge in [0.05, 0.1) is 5.75 Å². The predicted molar refractivity (Wildman–Crippen MR) is 76.3 cm³/mol. The molecule has 7 heteroatoms. The van der Waals surface area contributed by atoms with Gasteiger partial charge in [0.2, 0.25) is 5.95 Å². The number of thioether (sulfide) groups is 1. The molecule has 0 bridgehead atoms. The van der Waals surface area contributed by atoms with E-state index < -0.39 is 5.97 Å². The number of carbonyl (C=O) groups is 1. The summed E-state index contributed by atoms with van der Waals surface area (Å²) in [5.74, 6) is -0.537. The van der Waals surface area contributed by atoms with E-state index in [0.29, 0.717) is 11.1 Å². The van der Waals surface area contributed by atoms with Crippen LogP contribution in [0.4, 0.5) is 5.95 Å². The Kier molecular flexibility index (Phi) is 6.69.